The van der Waals surface area contributed by atoms with E-state index in [1.54, 1.807) is 36.4 Å². The van der Waals surface area contributed by atoms with Crippen molar-refractivity contribution < 1.29 is 14.3 Å². The highest BCUT2D eigenvalue weighted by Crippen LogP contribution is 2.26. The number of nitriles is 1. The molecule has 20 heavy (non-hydrogen) atoms. The highest BCUT2D eigenvalue weighted by molar-refractivity contribution is 6.00. The van der Waals surface area contributed by atoms with Gasteiger partial charge in [0.15, 0.2) is 5.58 Å². The first-order valence-electron chi connectivity index (χ1n) is 5.82. The molecule has 0 fully saturated rings. The summed E-state index contributed by atoms with van der Waals surface area (Å²) >= 11 is 0. The Morgan fingerprint density at radius 3 is 2.80 bits per heavy atom. The first kappa shape index (κ1) is 11.9. The van der Waals surface area contributed by atoms with E-state index >= 15 is 0 Å². The van der Waals surface area contributed by atoms with Gasteiger partial charge < -0.3 is 9.52 Å². The predicted octanol–water partition coefficient (Wildman–Crippen LogP) is 3.06. The molecular weight excluding hydrogens is 256 g/mol. The van der Waals surface area contributed by atoms with Crippen LogP contribution in [-0.4, -0.2) is 16.1 Å². The molecule has 0 unspecified atom stereocenters. The zero-order valence-corrected chi connectivity index (χ0v) is 10.2. The minimum absolute atomic E-state index is 0.0916. The van der Waals surface area contributed by atoms with Gasteiger partial charge in [0, 0.05) is 5.56 Å². The summed E-state index contributed by atoms with van der Waals surface area (Å²) in [5.74, 6) is -0.757. The van der Waals surface area contributed by atoms with Gasteiger partial charge in [0.05, 0.1) is 17.2 Å². The fraction of sp³-hybridized carbons (Fsp3) is 0. The van der Waals surface area contributed by atoms with E-state index in [1.165, 1.54) is 6.07 Å². The van der Waals surface area contributed by atoms with Gasteiger partial charge in [-0.25, -0.2) is 9.78 Å². The monoisotopic (exact) mass is 264 g/mol. The molecule has 5 nitrogen and oxygen atoms in total. The zero-order chi connectivity index (χ0) is 14.1. The number of nitrogens with zero attached hydrogens (tertiary/aromatic N) is 2. The van der Waals surface area contributed by atoms with Crippen molar-refractivity contribution in [2.24, 2.45) is 0 Å². The lowest BCUT2D eigenvalue weighted by molar-refractivity contribution is 0.0699. The summed E-state index contributed by atoms with van der Waals surface area (Å²) in [6, 6.07) is 13.6. The Bertz CT molecular complexity index is 859. The van der Waals surface area contributed by atoms with Crippen LogP contribution in [0.1, 0.15) is 15.9 Å². The molecule has 0 amide bonds. The van der Waals surface area contributed by atoms with E-state index in [-0.39, 0.29) is 5.56 Å². The van der Waals surface area contributed by atoms with Crippen molar-refractivity contribution >= 4 is 17.1 Å². The van der Waals surface area contributed by atoms with Gasteiger partial charge in [0.1, 0.15) is 5.52 Å². The number of hydrogen-bond acceptors (Lipinski definition) is 4. The van der Waals surface area contributed by atoms with Gasteiger partial charge in [-0.15, -0.1) is 0 Å². The maximum atomic E-state index is 11.1. The average molecular weight is 264 g/mol. The highest BCUT2D eigenvalue weighted by atomic mass is 16.4. The van der Waals surface area contributed by atoms with Gasteiger partial charge in [0.2, 0.25) is 5.89 Å². The average Bonchev–Trinajstić information content (AvgIpc) is 2.91. The van der Waals surface area contributed by atoms with Crippen molar-refractivity contribution in [2.75, 3.05) is 0 Å². The molecule has 0 spiro atoms. The van der Waals surface area contributed by atoms with Crippen LogP contribution < -0.4 is 0 Å². The van der Waals surface area contributed by atoms with Crippen LogP contribution in [0.5, 0.6) is 0 Å². The molecule has 5 heteroatoms. The second-order valence-electron chi connectivity index (χ2n) is 4.17. The Labute approximate surface area is 113 Å². The second kappa shape index (κ2) is 4.52. The molecule has 1 aromatic heterocycles. The first-order valence-corrected chi connectivity index (χ1v) is 5.82. The number of carboxylic acids is 1. The summed E-state index contributed by atoms with van der Waals surface area (Å²) in [5, 5.41) is 18.0. The molecule has 96 valence electrons. The third-order valence-corrected chi connectivity index (χ3v) is 2.89. The number of carboxylic acid groups (broad SMARTS) is 1. The molecule has 0 radical (unpaired) electrons. The van der Waals surface area contributed by atoms with Crippen molar-refractivity contribution in [1.29, 1.82) is 5.26 Å². The fourth-order valence-electron chi connectivity index (χ4n) is 1.97. The van der Waals surface area contributed by atoms with E-state index in [0.29, 0.717) is 28.1 Å². The molecule has 0 saturated heterocycles. The molecular formula is C15H8N2O3. The number of fused-ring (bicyclic) bond motifs is 1. The fourth-order valence-corrected chi connectivity index (χ4v) is 1.97. The molecule has 1 N–H and O–H groups in total. The number of para-hydroxylation sites is 1. The van der Waals surface area contributed by atoms with E-state index in [4.69, 9.17) is 14.8 Å². The van der Waals surface area contributed by atoms with Gasteiger partial charge in [-0.1, -0.05) is 12.1 Å². The van der Waals surface area contributed by atoms with Crippen LogP contribution in [0.25, 0.3) is 22.6 Å². The quantitative estimate of drug-likeness (QED) is 0.768. The number of benzene rings is 2. The number of carbonyl (C=O) groups is 1. The van der Waals surface area contributed by atoms with Crippen LogP contribution in [0.15, 0.2) is 46.9 Å². The van der Waals surface area contributed by atoms with Crippen LogP contribution in [0.3, 0.4) is 0 Å². The summed E-state index contributed by atoms with van der Waals surface area (Å²) in [6.07, 6.45) is 0. The third kappa shape index (κ3) is 1.89. The minimum Gasteiger partial charge on any atom is -0.478 e. The molecule has 3 aromatic rings. The Balaban J connectivity index is 2.21. The van der Waals surface area contributed by atoms with Gasteiger partial charge in [-0.05, 0) is 30.3 Å². The number of aromatic carboxylic acids is 1. The van der Waals surface area contributed by atoms with E-state index in [1.807, 2.05) is 6.07 Å². The van der Waals surface area contributed by atoms with E-state index < -0.39 is 5.97 Å². The molecule has 1 heterocycles. The Morgan fingerprint density at radius 1 is 1.25 bits per heavy atom. The number of hydrogen-bond donors (Lipinski definition) is 1. The summed E-state index contributed by atoms with van der Waals surface area (Å²) in [7, 11) is 0. The van der Waals surface area contributed by atoms with Crippen LogP contribution in [0.2, 0.25) is 0 Å². The summed E-state index contributed by atoms with van der Waals surface area (Å²) < 4.78 is 5.56. The Kier molecular flexibility index (Phi) is 2.70. The lowest BCUT2D eigenvalue weighted by Crippen LogP contribution is -1.96. The molecule has 0 aliphatic rings. The maximum absolute atomic E-state index is 11.1. The molecule has 0 aliphatic heterocycles. The lowest BCUT2D eigenvalue weighted by atomic mass is 10.1. The number of oxazole rings is 1. The van der Waals surface area contributed by atoms with E-state index in [9.17, 15) is 4.79 Å². The maximum Gasteiger partial charge on any atom is 0.338 e. The van der Waals surface area contributed by atoms with Crippen molar-refractivity contribution in [2.45, 2.75) is 0 Å². The SMILES string of the molecule is N#Cc1cccc(-c2nc3c(C(=O)O)cccc3o2)c1. The molecule has 2 aromatic carbocycles. The number of aromatic nitrogens is 1. The molecule has 0 saturated carbocycles. The van der Waals surface area contributed by atoms with E-state index in [2.05, 4.69) is 4.98 Å². The topological polar surface area (TPSA) is 87.1 Å². The van der Waals surface area contributed by atoms with Gasteiger partial charge in [-0.3, -0.25) is 0 Å². The largest absolute Gasteiger partial charge is 0.478 e. The summed E-state index contributed by atoms with van der Waals surface area (Å²) in [4.78, 5) is 15.4. The van der Waals surface area contributed by atoms with Crippen molar-refractivity contribution in [3.05, 3.63) is 53.6 Å². The second-order valence-corrected chi connectivity index (χ2v) is 4.17. The van der Waals surface area contributed by atoms with Crippen LogP contribution >= 0.6 is 0 Å². The van der Waals surface area contributed by atoms with Crippen molar-refractivity contribution in [3.63, 3.8) is 0 Å². The molecule has 0 atom stereocenters. The van der Waals surface area contributed by atoms with Crippen LogP contribution in [-0.2, 0) is 0 Å². The van der Waals surface area contributed by atoms with Gasteiger partial charge >= 0.3 is 5.97 Å². The van der Waals surface area contributed by atoms with E-state index in [0.717, 1.165) is 0 Å². The molecule has 0 bridgehead atoms. The number of rotatable bonds is 2. The normalized spacial score (nSPS) is 10.3. The van der Waals surface area contributed by atoms with Crippen LogP contribution in [0, 0.1) is 11.3 Å². The third-order valence-electron chi connectivity index (χ3n) is 2.89. The summed E-state index contributed by atoms with van der Waals surface area (Å²) in [6.45, 7) is 0. The summed E-state index contributed by atoms with van der Waals surface area (Å²) in [5.41, 5.74) is 1.92. The lowest BCUT2D eigenvalue weighted by Gasteiger charge is -1.94. The Morgan fingerprint density at radius 2 is 2.05 bits per heavy atom. The first-order chi connectivity index (χ1) is 9.69. The molecule has 3 rings (SSSR count). The standard InChI is InChI=1S/C15H8N2O3/c16-8-9-3-1-4-10(7-9)14-17-13-11(15(18)19)5-2-6-12(13)20-14/h1-7H,(H,18,19). The smallest absolute Gasteiger partial charge is 0.338 e. The minimum atomic E-state index is -1.05. The van der Waals surface area contributed by atoms with Gasteiger partial charge in [-0.2, -0.15) is 5.26 Å². The van der Waals surface area contributed by atoms with Crippen molar-refractivity contribution in [1.82, 2.24) is 4.98 Å². The highest BCUT2D eigenvalue weighted by Gasteiger charge is 2.15. The molecule has 0 aliphatic carbocycles. The van der Waals surface area contributed by atoms with Gasteiger partial charge in [0.25, 0.3) is 0 Å². The Hall–Kier alpha value is -3.13. The van der Waals surface area contributed by atoms with Crippen LogP contribution in [0.4, 0.5) is 0 Å². The predicted molar refractivity (Wildman–Crippen MR) is 71.1 cm³/mol. The van der Waals surface area contributed by atoms with Crippen molar-refractivity contribution in [3.8, 4) is 17.5 Å². The zero-order valence-electron chi connectivity index (χ0n) is 10.2.